The van der Waals surface area contributed by atoms with Crippen LogP contribution in [0.5, 0.6) is 5.75 Å². The average Bonchev–Trinajstić information content (AvgIpc) is 2.37. The first-order chi connectivity index (χ1) is 8.99. The summed E-state index contributed by atoms with van der Waals surface area (Å²) in [5, 5.41) is 0. The molecule has 0 aliphatic carbocycles. The van der Waals surface area contributed by atoms with Crippen LogP contribution in [-0.4, -0.2) is 27.6 Å². The molecule has 1 unspecified atom stereocenters. The maximum atomic E-state index is 12.1. The minimum Gasteiger partial charge on any atom is -0.493 e. The molecule has 0 radical (unpaired) electrons. The smallest absolute Gasteiger partial charge is 0.240 e. The number of ether oxygens (including phenoxy) is 1. The first kappa shape index (κ1) is 17.2. The predicted molar refractivity (Wildman–Crippen MR) is 81.0 cm³/mol. The van der Waals surface area contributed by atoms with Gasteiger partial charge in [-0.3, -0.25) is 0 Å². The summed E-state index contributed by atoms with van der Waals surface area (Å²) >= 11 is 0. The van der Waals surface area contributed by atoms with Crippen LogP contribution in [0.15, 0.2) is 23.1 Å². The second-order valence-corrected chi connectivity index (χ2v) is 6.65. The maximum Gasteiger partial charge on any atom is 0.240 e. The molecule has 0 saturated carbocycles. The first-order valence-corrected chi connectivity index (χ1v) is 7.98. The van der Waals surface area contributed by atoms with Crippen LogP contribution in [0.3, 0.4) is 0 Å². The molecule has 5 nitrogen and oxygen atoms in total. The summed E-state index contributed by atoms with van der Waals surface area (Å²) in [6, 6.07) is 5.00. The molecule has 114 valence electrons. The number of rotatable bonds is 5. The van der Waals surface area contributed by atoms with Gasteiger partial charge >= 0.3 is 0 Å². The van der Waals surface area contributed by atoms with Crippen molar-refractivity contribution in [1.29, 1.82) is 0 Å². The summed E-state index contributed by atoms with van der Waals surface area (Å²) in [6.07, 6.45) is 2.40. The Morgan fingerprint density at radius 1 is 1.45 bits per heavy atom. The molecule has 1 atom stereocenters. The molecule has 2 rings (SSSR count). The van der Waals surface area contributed by atoms with E-state index in [0.29, 0.717) is 24.5 Å². The SMILES string of the molecule is CC(N)CCNS(=O)(=O)c1ccc2c(c1)CCCO2.Cl. The summed E-state index contributed by atoms with van der Waals surface area (Å²) in [5.41, 5.74) is 6.56. The van der Waals surface area contributed by atoms with Crippen molar-refractivity contribution in [1.82, 2.24) is 4.72 Å². The number of halogens is 1. The van der Waals surface area contributed by atoms with Crippen LogP contribution in [0, 0.1) is 0 Å². The molecule has 3 N–H and O–H groups in total. The van der Waals surface area contributed by atoms with Crippen molar-refractivity contribution in [3.8, 4) is 5.75 Å². The van der Waals surface area contributed by atoms with Gasteiger partial charge in [0.15, 0.2) is 0 Å². The first-order valence-electron chi connectivity index (χ1n) is 6.50. The van der Waals surface area contributed by atoms with Gasteiger partial charge in [0.1, 0.15) is 5.75 Å². The Morgan fingerprint density at radius 2 is 2.20 bits per heavy atom. The van der Waals surface area contributed by atoms with E-state index in [2.05, 4.69) is 4.72 Å². The molecule has 1 heterocycles. The zero-order valence-corrected chi connectivity index (χ0v) is 13.1. The molecule has 7 heteroatoms. The zero-order chi connectivity index (χ0) is 13.9. The van der Waals surface area contributed by atoms with Crippen LogP contribution in [-0.2, 0) is 16.4 Å². The molecule has 20 heavy (non-hydrogen) atoms. The summed E-state index contributed by atoms with van der Waals surface area (Å²) in [4.78, 5) is 0.293. The standard InChI is InChI=1S/C13H20N2O3S.ClH/c1-10(14)6-7-15-19(16,17)12-4-5-13-11(9-12)3-2-8-18-13;/h4-5,9-10,15H,2-3,6-8,14H2,1H3;1H. The monoisotopic (exact) mass is 320 g/mol. The lowest BCUT2D eigenvalue weighted by Gasteiger charge is -2.18. The summed E-state index contributed by atoms with van der Waals surface area (Å²) in [6.45, 7) is 2.91. The molecule has 1 aromatic rings. The van der Waals surface area contributed by atoms with Gasteiger partial charge < -0.3 is 10.5 Å². The highest BCUT2D eigenvalue weighted by Crippen LogP contribution is 2.27. The highest BCUT2D eigenvalue weighted by atomic mass is 35.5. The average molecular weight is 321 g/mol. The number of nitrogens with two attached hydrogens (primary N) is 1. The fraction of sp³-hybridized carbons (Fsp3) is 0.538. The lowest BCUT2D eigenvalue weighted by molar-refractivity contribution is 0.288. The Hall–Kier alpha value is -0.820. The van der Waals surface area contributed by atoms with Gasteiger partial charge in [-0.15, -0.1) is 12.4 Å². The van der Waals surface area contributed by atoms with Crippen molar-refractivity contribution in [3.63, 3.8) is 0 Å². The number of fused-ring (bicyclic) bond motifs is 1. The molecule has 0 fully saturated rings. The quantitative estimate of drug-likeness (QED) is 0.860. The lowest BCUT2D eigenvalue weighted by atomic mass is 10.1. The molecular formula is C13H21ClN2O3S. The van der Waals surface area contributed by atoms with Crippen LogP contribution < -0.4 is 15.2 Å². The van der Waals surface area contributed by atoms with Crippen molar-refractivity contribution in [2.75, 3.05) is 13.2 Å². The normalized spacial score (nSPS) is 15.7. The van der Waals surface area contributed by atoms with E-state index in [1.807, 2.05) is 6.92 Å². The van der Waals surface area contributed by atoms with E-state index in [9.17, 15) is 8.42 Å². The number of benzene rings is 1. The van der Waals surface area contributed by atoms with Gasteiger partial charge in [-0.1, -0.05) is 0 Å². The van der Waals surface area contributed by atoms with Gasteiger partial charge in [0.2, 0.25) is 10.0 Å². The number of hydrogen-bond donors (Lipinski definition) is 2. The van der Waals surface area contributed by atoms with Crippen LogP contribution in [0.25, 0.3) is 0 Å². The molecule has 0 spiro atoms. The molecular weight excluding hydrogens is 300 g/mol. The fourth-order valence-corrected chi connectivity index (χ4v) is 3.11. The largest absolute Gasteiger partial charge is 0.493 e. The topological polar surface area (TPSA) is 81.4 Å². The molecule has 1 aromatic carbocycles. The van der Waals surface area contributed by atoms with Gasteiger partial charge in [0.25, 0.3) is 0 Å². The number of nitrogens with one attached hydrogen (secondary N) is 1. The highest BCUT2D eigenvalue weighted by molar-refractivity contribution is 7.89. The van der Waals surface area contributed by atoms with Crippen LogP contribution in [0.2, 0.25) is 0 Å². The Kier molecular flexibility index (Phi) is 6.26. The Labute approximate surface area is 126 Å². The van der Waals surface area contributed by atoms with E-state index < -0.39 is 10.0 Å². The van der Waals surface area contributed by atoms with Gasteiger partial charge in [-0.2, -0.15) is 0 Å². The van der Waals surface area contributed by atoms with Crippen LogP contribution in [0.4, 0.5) is 0 Å². The van der Waals surface area contributed by atoms with Crippen molar-refractivity contribution in [2.45, 2.75) is 37.1 Å². The Balaban J connectivity index is 0.00000200. The van der Waals surface area contributed by atoms with Crippen molar-refractivity contribution < 1.29 is 13.2 Å². The van der Waals surface area contributed by atoms with E-state index in [0.717, 1.165) is 24.2 Å². The van der Waals surface area contributed by atoms with E-state index in [-0.39, 0.29) is 18.4 Å². The van der Waals surface area contributed by atoms with Gasteiger partial charge in [-0.05, 0) is 49.9 Å². The predicted octanol–water partition coefficient (Wildman–Crippen LogP) is 1.45. The summed E-state index contributed by atoms with van der Waals surface area (Å²) in [7, 11) is -3.45. The molecule has 1 aliphatic rings. The lowest BCUT2D eigenvalue weighted by Crippen LogP contribution is -2.29. The Bertz CT molecular complexity index is 547. The van der Waals surface area contributed by atoms with Crippen molar-refractivity contribution >= 4 is 22.4 Å². The van der Waals surface area contributed by atoms with Gasteiger partial charge in [0, 0.05) is 12.6 Å². The van der Waals surface area contributed by atoms with E-state index in [4.69, 9.17) is 10.5 Å². The van der Waals surface area contributed by atoms with Crippen LogP contribution in [0.1, 0.15) is 25.3 Å². The minimum atomic E-state index is -3.45. The van der Waals surface area contributed by atoms with Crippen LogP contribution >= 0.6 is 12.4 Å². The molecule has 0 saturated heterocycles. The molecule has 0 amide bonds. The third-order valence-corrected chi connectivity index (χ3v) is 4.54. The number of hydrogen-bond acceptors (Lipinski definition) is 4. The summed E-state index contributed by atoms with van der Waals surface area (Å²) in [5.74, 6) is 0.792. The van der Waals surface area contributed by atoms with E-state index in [1.165, 1.54) is 0 Å². The molecule has 1 aliphatic heterocycles. The van der Waals surface area contributed by atoms with Gasteiger partial charge in [0.05, 0.1) is 11.5 Å². The van der Waals surface area contributed by atoms with E-state index >= 15 is 0 Å². The zero-order valence-electron chi connectivity index (χ0n) is 11.5. The van der Waals surface area contributed by atoms with E-state index in [1.54, 1.807) is 18.2 Å². The third-order valence-electron chi connectivity index (χ3n) is 3.08. The highest BCUT2D eigenvalue weighted by Gasteiger charge is 2.18. The minimum absolute atomic E-state index is 0. The molecule has 0 aromatic heterocycles. The second-order valence-electron chi connectivity index (χ2n) is 4.89. The van der Waals surface area contributed by atoms with Crippen molar-refractivity contribution in [3.05, 3.63) is 23.8 Å². The fourth-order valence-electron chi connectivity index (χ4n) is 2.01. The second kappa shape index (κ2) is 7.26. The Morgan fingerprint density at radius 3 is 2.90 bits per heavy atom. The third kappa shape index (κ3) is 4.34. The number of sulfonamides is 1. The molecule has 0 bridgehead atoms. The number of aryl methyl sites for hydroxylation is 1. The summed E-state index contributed by atoms with van der Waals surface area (Å²) < 4.78 is 32.3. The van der Waals surface area contributed by atoms with Crippen molar-refractivity contribution in [2.24, 2.45) is 5.73 Å². The van der Waals surface area contributed by atoms with Gasteiger partial charge in [-0.25, -0.2) is 13.1 Å². The maximum absolute atomic E-state index is 12.1.